The Bertz CT molecular complexity index is 597. The quantitative estimate of drug-likeness (QED) is 0.929. The van der Waals surface area contributed by atoms with Crippen molar-refractivity contribution in [3.63, 3.8) is 0 Å². The van der Waals surface area contributed by atoms with Crippen LogP contribution in [0.5, 0.6) is 5.75 Å². The maximum Gasteiger partial charge on any atom is 0.127 e. The first kappa shape index (κ1) is 12.5. The van der Waals surface area contributed by atoms with Crippen LogP contribution >= 0.6 is 11.6 Å². The summed E-state index contributed by atoms with van der Waals surface area (Å²) >= 11 is 6.19. The van der Waals surface area contributed by atoms with Gasteiger partial charge in [0.1, 0.15) is 5.75 Å². The Balaban J connectivity index is 1.87. The van der Waals surface area contributed by atoms with Crippen LogP contribution in [0.25, 0.3) is 0 Å². The molecule has 2 aromatic carbocycles. The number of halogens is 1. The molecule has 0 saturated carbocycles. The van der Waals surface area contributed by atoms with Gasteiger partial charge in [-0.25, -0.2) is 0 Å². The van der Waals surface area contributed by atoms with Crippen LogP contribution in [0.2, 0.25) is 5.02 Å². The van der Waals surface area contributed by atoms with E-state index in [4.69, 9.17) is 22.1 Å². The van der Waals surface area contributed by atoms with E-state index in [0.717, 1.165) is 41.3 Å². The second kappa shape index (κ2) is 5.24. The van der Waals surface area contributed by atoms with Crippen LogP contribution in [-0.4, -0.2) is 6.61 Å². The highest BCUT2D eigenvalue weighted by Gasteiger charge is 2.20. The number of ether oxygens (including phenoxy) is 1. The van der Waals surface area contributed by atoms with Gasteiger partial charge in [-0.15, -0.1) is 0 Å². The summed E-state index contributed by atoms with van der Waals surface area (Å²) in [6, 6.07) is 13.9. The minimum Gasteiger partial charge on any atom is -0.493 e. The summed E-state index contributed by atoms with van der Waals surface area (Å²) in [6.45, 7) is 0.755. The monoisotopic (exact) mass is 273 g/mol. The van der Waals surface area contributed by atoms with Crippen molar-refractivity contribution in [1.29, 1.82) is 0 Å². The summed E-state index contributed by atoms with van der Waals surface area (Å²) in [7, 11) is 0. The Kier molecular flexibility index (Phi) is 3.45. The van der Waals surface area contributed by atoms with Crippen molar-refractivity contribution < 1.29 is 4.74 Å². The van der Waals surface area contributed by atoms with E-state index in [0.29, 0.717) is 0 Å². The lowest BCUT2D eigenvalue weighted by atomic mass is 9.97. The summed E-state index contributed by atoms with van der Waals surface area (Å²) in [5.41, 5.74) is 9.74. The minimum atomic E-state index is -0.0899. The third-order valence-corrected chi connectivity index (χ3v) is 3.91. The van der Waals surface area contributed by atoms with Crippen molar-refractivity contribution in [1.82, 2.24) is 0 Å². The van der Waals surface area contributed by atoms with E-state index < -0.39 is 0 Å². The molecule has 19 heavy (non-hydrogen) atoms. The van der Waals surface area contributed by atoms with Gasteiger partial charge in [-0.2, -0.15) is 0 Å². The van der Waals surface area contributed by atoms with E-state index in [1.807, 2.05) is 30.3 Å². The lowest BCUT2D eigenvalue weighted by Crippen LogP contribution is -2.14. The molecule has 1 aliphatic rings. The molecule has 2 N–H and O–H groups in total. The van der Waals surface area contributed by atoms with Crippen LogP contribution in [0.4, 0.5) is 0 Å². The summed E-state index contributed by atoms with van der Waals surface area (Å²) in [4.78, 5) is 0. The number of benzene rings is 2. The molecule has 1 heterocycles. The Morgan fingerprint density at radius 2 is 2.00 bits per heavy atom. The average molecular weight is 274 g/mol. The maximum absolute atomic E-state index is 6.33. The van der Waals surface area contributed by atoms with E-state index in [1.165, 1.54) is 5.56 Å². The molecule has 0 aliphatic carbocycles. The second-order valence-electron chi connectivity index (χ2n) is 4.84. The van der Waals surface area contributed by atoms with Crippen LogP contribution in [0.15, 0.2) is 42.5 Å². The molecule has 0 radical (unpaired) electrons. The van der Waals surface area contributed by atoms with Crippen molar-refractivity contribution in [2.24, 2.45) is 5.73 Å². The third kappa shape index (κ3) is 2.46. The fourth-order valence-electron chi connectivity index (χ4n) is 2.54. The van der Waals surface area contributed by atoms with Gasteiger partial charge in [0.05, 0.1) is 6.61 Å². The van der Waals surface area contributed by atoms with Gasteiger partial charge in [-0.3, -0.25) is 0 Å². The summed E-state index contributed by atoms with van der Waals surface area (Å²) in [5.74, 6) is 0.974. The number of rotatable bonds is 3. The summed E-state index contributed by atoms with van der Waals surface area (Å²) in [5, 5.41) is 0.770. The summed E-state index contributed by atoms with van der Waals surface area (Å²) < 4.78 is 5.71. The number of nitrogens with two attached hydrogens (primary N) is 1. The van der Waals surface area contributed by atoms with Gasteiger partial charge < -0.3 is 10.5 Å². The largest absolute Gasteiger partial charge is 0.493 e. The van der Waals surface area contributed by atoms with E-state index in [2.05, 4.69) is 12.1 Å². The first-order valence-electron chi connectivity index (χ1n) is 6.49. The Hall–Kier alpha value is -1.51. The Morgan fingerprint density at radius 3 is 2.84 bits per heavy atom. The van der Waals surface area contributed by atoms with Gasteiger partial charge in [-0.05, 0) is 23.6 Å². The zero-order valence-corrected chi connectivity index (χ0v) is 11.4. The van der Waals surface area contributed by atoms with Crippen molar-refractivity contribution in [2.75, 3.05) is 6.61 Å². The highest BCUT2D eigenvalue weighted by atomic mass is 35.5. The topological polar surface area (TPSA) is 35.2 Å². The molecule has 0 bridgehead atoms. The van der Waals surface area contributed by atoms with E-state index in [-0.39, 0.29) is 6.04 Å². The molecule has 2 aromatic rings. The van der Waals surface area contributed by atoms with Gasteiger partial charge in [0.25, 0.3) is 0 Å². The number of hydrogen-bond donors (Lipinski definition) is 1. The second-order valence-corrected chi connectivity index (χ2v) is 5.24. The zero-order valence-electron chi connectivity index (χ0n) is 10.6. The van der Waals surface area contributed by atoms with Gasteiger partial charge in [0.15, 0.2) is 0 Å². The molecule has 3 heteroatoms. The third-order valence-electron chi connectivity index (χ3n) is 3.54. The number of hydrogen-bond acceptors (Lipinski definition) is 2. The minimum absolute atomic E-state index is 0.0899. The lowest BCUT2D eigenvalue weighted by molar-refractivity contribution is 0.351. The van der Waals surface area contributed by atoms with Gasteiger partial charge in [0, 0.05) is 23.0 Å². The number of para-hydroxylation sites is 1. The fraction of sp³-hybridized carbons (Fsp3) is 0.250. The first-order chi connectivity index (χ1) is 9.25. The SMILES string of the molecule is NC(Cc1ccccc1Cl)c1cccc2c1OCC2. The molecular formula is C16H16ClNO. The van der Waals surface area contributed by atoms with Crippen LogP contribution in [0.1, 0.15) is 22.7 Å². The Morgan fingerprint density at radius 1 is 1.16 bits per heavy atom. The van der Waals surface area contributed by atoms with Crippen LogP contribution in [0, 0.1) is 0 Å². The molecule has 1 aliphatic heterocycles. The molecule has 1 unspecified atom stereocenters. The summed E-state index contributed by atoms with van der Waals surface area (Å²) in [6.07, 6.45) is 1.70. The average Bonchev–Trinajstić information content (AvgIpc) is 2.89. The fourth-order valence-corrected chi connectivity index (χ4v) is 2.76. The van der Waals surface area contributed by atoms with Crippen LogP contribution in [0.3, 0.4) is 0 Å². The van der Waals surface area contributed by atoms with Crippen molar-refractivity contribution >= 4 is 11.6 Å². The highest BCUT2D eigenvalue weighted by molar-refractivity contribution is 6.31. The van der Waals surface area contributed by atoms with Crippen molar-refractivity contribution in [3.05, 3.63) is 64.2 Å². The number of fused-ring (bicyclic) bond motifs is 1. The Labute approximate surface area is 118 Å². The highest BCUT2D eigenvalue weighted by Crippen LogP contribution is 2.34. The molecule has 1 atom stereocenters. The van der Waals surface area contributed by atoms with E-state index >= 15 is 0 Å². The normalized spacial score (nSPS) is 14.8. The molecular weight excluding hydrogens is 258 g/mol. The molecule has 0 aromatic heterocycles. The van der Waals surface area contributed by atoms with Crippen molar-refractivity contribution in [2.45, 2.75) is 18.9 Å². The molecule has 0 spiro atoms. The zero-order chi connectivity index (χ0) is 13.2. The molecule has 3 rings (SSSR count). The molecule has 0 saturated heterocycles. The van der Waals surface area contributed by atoms with Gasteiger partial charge in [-0.1, -0.05) is 48.0 Å². The van der Waals surface area contributed by atoms with Gasteiger partial charge >= 0.3 is 0 Å². The predicted molar refractivity (Wildman–Crippen MR) is 77.7 cm³/mol. The first-order valence-corrected chi connectivity index (χ1v) is 6.87. The molecule has 2 nitrogen and oxygen atoms in total. The molecule has 0 amide bonds. The van der Waals surface area contributed by atoms with Crippen molar-refractivity contribution in [3.8, 4) is 5.75 Å². The smallest absolute Gasteiger partial charge is 0.127 e. The van der Waals surface area contributed by atoms with E-state index in [9.17, 15) is 0 Å². The lowest BCUT2D eigenvalue weighted by Gasteiger charge is -2.16. The van der Waals surface area contributed by atoms with Crippen LogP contribution < -0.4 is 10.5 Å². The van der Waals surface area contributed by atoms with E-state index in [1.54, 1.807) is 0 Å². The standard InChI is InChI=1S/C16H16ClNO/c17-14-7-2-1-4-12(14)10-15(18)13-6-3-5-11-8-9-19-16(11)13/h1-7,15H,8-10,18H2. The van der Waals surface area contributed by atoms with Gasteiger partial charge in [0.2, 0.25) is 0 Å². The van der Waals surface area contributed by atoms with Crippen LogP contribution in [-0.2, 0) is 12.8 Å². The molecule has 0 fully saturated rings. The predicted octanol–water partition coefficient (Wildman–Crippen LogP) is 3.52. The maximum atomic E-state index is 6.33. The molecule has 98 valence electrons.